The third-order valence-corrected chi connectivity index (χ3v) is 6.36. The maximum Gasteiger partial charge on any atom is 0.341 e. The number of thiophene rings is 1. The van der Waals surface area contributed by atoms with E-state index < -0.39 is 11.9 Å². The van der Waals surface area contributed by atoms with Crippen molar-refractivity contribution >= 4 is 72.8 Å². The number of nitrogens with one attached hydrogen (secondary N) is 1. The number of esters is 1. The van der Waals surface area contributed by atoms with Gasteiger partial charge in [0.1, 0.15) is 22.4 Å². The van der Waals surface area contributed by atoms with Crippen LogP contribution in [0.5, 0.6) is 5.75 Å². The van der Waals surface area contributed by atoms with Gasteiger partial charge >= 0.3 is 5.97 Å². The number of aryl methyl sites for hydroxylation is 1. The lowest BCUT2D eigenvalue weighted by Crippen LogP contribution is -2.16. The molecule has 0 aliphatic heterocycles. The Bertz CT molecular complexity index is 1000. The van der Waals surface area contributed by atoms with Gasteiger partial charge in [0.25, 0.3) is 5.91 Å². The van der Waals surface area contributed by atoms with E-state index in [9.17, 15) is 20.0 Å². The first-order valence-electron chi connectivity index (χ1n) is 8.07. The van der Waals surface area contributed by atoms with Crippen LogP contribution in [0.1, 0.15) is 33.3 Å². The maximum atomic E-state index is 12.6. The molecular formula is C19H16BrIN2O4S. The van der Waals surface area contributed by atoms with Crippen LogP contribution in [0.25, 0.3) is 6.08 Å². The third-order valence-electron chi connectivity index (χ3n) is 3.81. The predicted octanol–water partition coefficient (Wildman–Crippen LogP) is 5.16. The Morgan fingerprint density at radius 1 is 1.43 bits per heavy atom. The summed E-state index contributed by atoms with van der Waals surface area (Å²) < 4.78 is 6.10. The Balaban J connectivity index is 2.37. The molecule has 9 heteroatoms. The molecule has 1 aromatic heterocycles. The van der Waals surface area contributed by atoms with Crippen LogP contribution in [0, 0.1) is 28.7 Å². The highest BCUT2D eigenvalue weighted by atomic mass is 127. The Labute approximate surface area is 188 Å². The highest BCUT2D eigenvalue weighted by molar-refractivity contribution is 14.1. The number of hydrogen-bond acceptors (Lipinski definition) is 6. The van der Waals surface area contributed by atoms with E-state index in [0.717, 1.165) is 10.4 Å². The van der Waals surface area contributed by atoms with E-state index in [0.29, 0.717) is 24.2 Å². The number of carbonyl (C=O) groups is 2. The Hall–Kier alpha value is -1.90. The van der Waals surface area contributed by atoms with Crippen molar-refractivity contribution in [1.82, 2.24) is 0 Å². The van der Waals surface area contributed by atoms with Crippen LogP contribution in [0.4, 0.5) is 5.00 Å². The first kappa shape index (κ1) is 22.4. The van der Waals surface area contributed by atoms with Gasteiger partial charge in [-0.1, -0.05) is 0 Å². The quantitative estimate of drug-likeness (QED) is 0.222. The average molecular weight is 575 g/mol. The zero-order chi connectivity index (χ0) is 21.0. The van der Waals surface area contributed by atoms with Crippen LogP contribution in [0.15, 0.2) is 22.2 Å². The standard InChI is InChI=1S/C19H16BrIN2O4S/c1-4-27-19(26)15-9(2)10(3)28-18(15)23-17(25)12(8-22)5-11-6-13(20)16(24)14(21)7-11/h5-7,24H,4H2,1-3H3,(H,23,25). The summed E-state index contributed by atoms with van der Waals surface area (Å²) in [6, 6.07) is 5.13. The van der Waals surface area contributed by atoms with Crippen molar-refractivity contribution in [2.75, 3.05) is 11.9 Å². The number of halogens is 2. The number of nitriles is 1. The van der Waals surface area contributed by atoms with E-state index in [-0.39, 0.29) is 17.9 Å². The molecule has 2 aromatic rings. The molecule has 0 radical (unpaired) electrons. The fourth-order valence-corrected chi connectivity index (χ4v) is 4.86. The summed E-state index contributed by atoms with van der Waals surface area (Å²) in [5.41, 5.74) is 1.48. The minimum Gasteiger partial charge on any atom is -0.506 e. The van der Waals surface area contributed by atoms with Gasteiger partial charge in [0.15, 0.2) is 0 Å². The van der Waals surface area contributed by atoms with Crippen LogP contribution in [0.2, 0.25) is 0 Å². The number of phenols is 1. The highest BCUT2D eigenvalue weighted by Crippen LogP contribution is 2.34. The number of rotatable bonds is 5. The fourth-order valence-electron chi connectivity index (χ4n) is 2.32. The molecule has 0 bridgehead atoms. The normalized spacial score (nSPS) is 11.1. The molecule has 28 heavy (non-hydrogen) atoms. The molecule has 146 valence electrons. The second-order valence-electron chi connectivity index (χ2n) is 5.66. The summed E-state index contributed by atoms with van der Waals surface area (Å²) >= 11 is 6.44. The van der Waals surface area contributed by atoms with Gasteiger partial charge in [-0.25, -0.2) is 4.79 Å². The molecule has 1 heterocycles. The first-order valence-corrected chi connectivity index (χ1v) is 10.8. The van der Waals surface area contributed by atoms with Crippen LogP contribution < -0.4 is 5.32 Å². The molecule has 0 fully saturated rings. The van der Waals surface area contributed by atoms with E-state index in [4.69, 9.17) is 4.74 Å². The Morgan fingerprint density at radius 2 is 2.11 bits per heavy atom. The highest BCUT2D eigenvalue weighted by Gasteiger charge is 2.23. The lowest BCUT2D eigenvalue weighted by atomic mass is 10.1. The van der Waals surface area contributed by atoms with Crippen LogP contribution in [0.3, 0.4) is 0 Å². The first-order chi connectivity index (χ1) is 13.2. The number of amides is 1. The molecule has 0 spiro atoms. The van der Waals surface area contributed by atoms with Gasteiger partial charge in [-0.15, -0.1) is 11.3 Å². The number of phenolic OH excluding ortho intramolecular Hbond substituents is 1. The van der Waals surface area contributed by atoms with Gasteiger partial charge in [-0.3, -0.25) is 4.79 Å². The zero-order valence-corrected chi connectivity index (χ0v) is 19.8. The molecule has 0 saturated carbocycles. The van der Waals surface area contributed by atoms with E-state index in [1.54, 1.807) is 26.0 Å². The van der Waals surface area contributed by atoms with Gasteiger partial charge in [0, 0.05) is 4.88 Å². The van der Waals surface area contributed by atoms with Gasteiger partial charge < -0.3 is 15.2 Å². The van der Waals surface area contributed by atoms with Crippen LogP contribution in [-0.4, -0.2) is 23.6 Å². The second-order valence-corrected chi connectivity index (χ2v) is 8.91. The van der Waals surface area contributed by atoms with Crippen molar-refractivity contribution < 1.29 is 19.4 Å². The fraction of sp³-hybridized carbons (Fsp3) is 0.211. The number of hydrogen-bond donors (Lipinski definition) is 2. The second kappa shape index (κ2) is 9.54. The molecule has 2 N–H and O–H groups in total. The summed E-state index contributed by atoms with van der Waals surface area (Å²) in [4.78, 5) is 25.7. The predicted molar refractivity (Wildman–Crippen MR) is 120 cm³/mol. The van der Waals surface area contributed by atoms with Crippen LogP contribution >= 0.6 is 49.9 Å². The van der Waals surface area contributed by atoms with Crippen molar-refractivity contribution in [3.63, 3.8) is 0 Å². The molecule has 6 nitrogen and oxygen atoms in total. The summed E-state index contributed by atoms with van der Waals surface area (Å²) in [5.74, 6) is -1.06. The molecule has 0 atom stereocenters. The molecular weight excluding hydrogens is 559 g/mol. The van der Waals surface area contributed by atoms with E-state index in [1.807, 2.05) is 35.6 Å². The average Bonchev–Trinajstić information content (AvgIpc) is 2.91. The van der Waals surface area contributed by atoms with Crippen molar-refractivity contribution in [2.24, 2.45) is 0 Å². The summed E-state index contributed by atoms with van der Waals surface area (Å²) in [5, 5.41) is 22.2. The van der Waals surface area contributed by atoms with E-state index in [1.165, 1.54) is 17.4 Å². The van der Waals surface area contributed by atoms with E-state index >= 15 is 0 Å². The number of anilines is 1. The monoisotopic (exact) mass is 574 g/mol. The third kappa shape index (κ3) is 4.92. The van der Waals surface area contributed by atoms with Gasteiger partial charge in [-0.05, 0) is 88.6 Å². The van der Waals surface area contributed by atoms with Crippen molar-refractivity contribution in [2.45, 2.75) is 20.8 Å². The number of ether oxygens (including phenoxy) is 1. The number of carbonyl (C=O) groups excluding carboxylic acids is 2. The Kier molecular flexibility index (Phi) is 7.63. The summed E-state index contributed by atoms with van der Waals surface area (Å²) in [6.45, 7) is 5.55. The van der Waals surface area contributed by atoms with Gasteiger partial charge in [-0.2, -0.15) is 5.26 Å². The molecule has 0 aliphatic rings. The molecule has 2 rings (SSSR count). The van der Waals surface area contributed by atoms with Crippen molar-refractivity contribution in [3.8, 4) is 11.8 Å². The van der Waals surface area contributed by atoms with Crippen molar-refractivity contribution in [1.29, 1.82) is 5.26 Å². The molecule has 0 saturated heterocycles. The molecule has 1 aromatic carbocycles. The van der Waals surface area contributed by atoms with Gasteiger partial charge in [0.2, 0.25) is 0 Å². The van der Waals surface area contributed by atoms with E-state index in [2.05, 4.69) is 21.2 Å². The lowest BCUT2D eigenvalue weighted by Gasteiger charge is -2.07. The minimum absolute atomic E-state index is 0.0873. The molecule has 1 amide bonds. The van der Waals surface area contributed by atoms with Gasteiger partial charge in [0.05, 0.1) is 20.2 Å². The molecule has 0 aliphatic carbocycles. The zero-order valence-electron chi connectivity index (χ0n) is 15.2. The van der Waals surface area contributed by atoms with Crippen molar-refractivity contribution in [3.05, 3.63) is 47.3 Å². The largest absolute Gasteiger partial charge is 0.506 e. The topological polar surface area (TPSA) is 99.4 Å². The number of nitrogens with zero attached hydrogens (tertiary/aromatic N) is 1. The maximum absolute atomic E-state index is 12.6. The minimum atomic E-state index is -0.631. The Morgan fingerprint density at radius 3 is 2.68 bits per heavy atom. The summed E-state index contributed by atoms with van der Waals surface area (Å²) in [7, 11) is 0. The number of benzene rings is 1. The van der Waals surface area contributed by atoms with Crippen LogP contribution in [-0.2, 0) is 9.53 Å². The lowest BCUT2D eigenvalue weighted by molar-refractivity contribution is -0.112. The SMILES string of the molecule is CCOC(=O)c1c(NC(=O)C(C#N)=Cc2cc(Br)c(O)c(I)c2)sc(C)c1C. The summed E-state index contributed by atoms with van der Waals surface area (Å²) in [6.07, 6.45) is 1.42. The molecule has 0 unspecified atom stereocenters. The smallest absolute Gasteiger partial charge is 0.341 e. The number of aromatic hydroxyl groups is 1.